The number of anilines is 1. The number of esters is 1. The van der Waals surface area contributed by atoms with Gasteiger partial charge >= 0.3 is 5.97 Å². The van der Waals surface area contributed by atoms with E-state index >= 15 is 0 Å². The van der Waals surface area contributed by atoms with E-state index in [4.69, 9.17) is 9.72 Å². The summed E-state index contributed by atoms with van der Waals surface area (Å²) in [6, 6.07) is 15.6. The van der Waals surface area contributed by atoms with Gasteiger partial charge in [0.15, 0.2) is 5.65 Å². The number of hydrogen-bond acceptors (Lipinski definition) is 8. The van der Waals surface area contributed by atoms with Crippen molar-refractivity contribution in [2.45, 2.75) is 29.7 Å². The first-order valence-electron chi connectivity index (χ1n) is 10.9. The third-order valence-electron chi connectivity index (χ3n) is 5.85. The maximum atomic E-state index is 13.3. The molecule has 1 aliphatic rings. The summed E-state index contributed by atoms with van der Waals surface area (Å²) in [6.45, 7) is 3.28. The van der Waals surface area contributed by atoms with Gasteiger partial charge in [0.1, 0.15) is 5.82 Å². The molecule has 0 N–H and O–H groups in total. The van der Waals surface area contributed by atoms with E-state index in [9.17, 15) is 13.2 Å². The SMILES string of the molecule is CCOC(=O)[C@@H]1CCCN(c2nc3c(S(=O)(=O)c4ccccc4)nnn3c3ccccc23)C1. The fourth-order valence-corrected chi connectivity index (χ4v) is 5.53. The number of benzene rings is 2. The summed E-state index contributed by atoms with van der Waals surface area (Å²) < 4.78 is 33.3. The molecular formula is C23H23N5O4S. The highest BCUT2D eigenvalue weighted by atomic mass is 32.2. The van der Waals surface area contributed by atoms with E-state index in [1.165, 1.54) is 16.6 Å². The molecule has 0 saturated carbocycles. The van der Waals surface area contributed by atoms with Gasteiger partial charge in [0.05, 0.1) is 22.9 Å². The predicted molar refractivity (Wildman–Crippen MR) is 122 cm³/mol. The van der Waals surface area contributed by atoms with E-state index in [0.29, 0.717) is 31.0 Å². The lowest BCUT2D eigenvalue weighted by Gasteiger charge is -2.33. The molecule has 4 aromatic rings. The minimum Gasteiger partial charge on any atom is -0.466 e. The zero-order valence-electron chi connectivity index (χ0n) is 18.1. The second-order valence-corrected chi connectivity index (χ2v) is 9.80. The number of hydrogen-bond donors (Lipinski definition) is 0. The first-order chi connectivity index (χ1) is 16.0. The monoisotopic (exact) mass is 465 g/mol. The molecule has 9 nitrogen and oxygen atoms in total. The molecule has 0 bridgehead atoms. The summed E-state index contributed by atoms with van der Waals surface area (Å²) in [6.07, 6.45) is 1.55. The van der Waals surface area contributed by atoms with Gasteiger partial charge in [-0.25, -0.2) is 13.4 Å². The fraction of sp³-hybridized carbons (Fsp3) is 0.304. The maximum Gasteiger partial charge on any atom is 0.310 e. The second-order valence-electron chi connectivity index (χ2n) is 7.94. The Morgan fingerprint density at radius 2 is 1.88 bits per heavy atom. The van der Waals surface area contributed by atoms with Gasteiger partial charge < -0.3 is 9.64 Å². The van der Waals surface area contributed by atoms with Crippen LogP contribution in [0.1, 0.15) is 19.8 Å². The Kier molecular flexibility index (Phi) is 5.45. The van der Waals surface area contributed by atoms with Gasteiger partial charge in [0.2, 0.25) is 14.9 Å². The molecule has 33 heavy (non-hydrogen) atoms. The second kappa shape index (κ2) is 8.43. The van der Waals surface area contributed by atoms with Gasteiger partial charge in [-0.15, -0.1) is 5.10 Å². The van der Waals surface area contributed by atoms with Crippen molar-refractivity contribution in [2.75, 3.05) is 24.6 Å². The quantitative estimate of drug-likeness (QED) is 0.414. The van der Waals surface area contributed by atoms with Gasteiger partial charge in [-0.05, 0) is 44.0 Å². The molecule has 0 unspecified atom stereocenters. The number of ether oxygens (including phenoxy) is 1. The van der Waals surface area contributed by atoms with Crippen molar-refractivity contribution < 1.29 is 17.9 Å². The molecule has 1 saturated heterocycles. The van der Waals surface area contributed by atoms with Crippen LogP contribution >= 0.6 is 0 Å². The standard InChI is InChI=1S/C23H23N5O4S/c1-2-32-23(29)16-9-8-14-27(15-16)20-18-12-6-7-13-19(18)28-21(24-20)22(25-26-28)33(30,31)17-10-4-3-5-11-17/h3-7,10-13,16H,2,8-9,14-15H2,1H3/t16-/m1/s1. The lowest BCUT2D eigenvalue weighted by molar-refractivity contribution is -0.148. The third-order valence-corrected chi connectivity index (χ3v) is 7.52. The van der Waals surface area contributed by atoms with Crippen molar-refractivity contribution in [1.82, 2.24) is 19.8 Å². The van der Waals surface area contributed by atoms with Crippen molar-refractivity contribution >= 4 is 38.2 Å². The number of carbonyl (C=O) groups excluding carboxylic acids is 1. The van der Waals surface area contributed by atoms with Crippen LogP contribution in [0.4, 0.5) is 5.82 Å². The summed E-state index contributed by atoms with van der Waals surface area (Å²) in [4.78, 5) is 19.3. The van der Waals surface area contributed by atoms with Crippen LogP contribution in [0.25, 0.3) is 16.6 Å². The predicted octanol–water partition coefficient (Wildman–Crippen LogP) is 2.89. The highest BCUT2D eigenvalue weighted by molar-refractivity contribution is 7.91. The van der Waals surface area contributed by atoms with E-state index in [1.54, 1.807) is 25.1 Å². The molecule has 5 rings (SSSR count). The van der Waals surface area contributed by atoms with Crippen LogP contribution in [0.2, 0.25) is 0 Å². The molecule has 0 radical (unpaired) electrons. The molecule has 2 aromatic heterocycles. The Labute approximate surface area is 190 Å². The number of sulfone groups is 1. The number of carbonyl (C=O) groups is 1. The van der Waals surface area contributed by atoms with Crippen molar-refractivity contribution in [3.63, 3.8) is 0 Å². The van der Waals surface area contributed by atoms with Crippen LogP contribution in [0.5, 0.6) is 0 Å². The van der Waals surface area contributed by atoms with Gasteiger partial charge in [-0.3, -0.25) is 4.79 Å². The first-order valence-corrected chi connectivity index (χ1v) is 12.3. The lowest BCUT2D eigenvalue weighted by atomic mass is 9.98. The van der Waals surface area contributed by atoms with Crippen molar-refractivity contribution in [1.29, 1.82) is 0 Å². The molecule has 0 spiro atoms. The Morgan fingerprint density at radius 3 is 2.67 bits per heavy atom. The van der Waals surface area contributed by atoms with Crippen molar-refractivity contribution in [3.8, 4) is 0 Å². The van der Waals surface area contributed by atoms with E-state index in [2.05, 4.69) is 10.3 Å². The zero-order valence-corrected chi connectivity index (χ0v) is 18.9. The average Bonchev–Trinajstić information content (AvgIpc) is 3.29. The normalized spacial score (nSPS) is 16.9. The molecule has 0 amide bonds. The van der Waals surface area contributed by atoms with Crippen LogP contribution in [0.3, 0.4) is 0 Å². The molecule has 10 heteroatoms. The number of piperidine rings is 1. The number of fused-ring (bicyclic) bond motifs is 3. The van der Waals surface area contributed by atoms with Crippen LogP contribution in [-0.4, -0.2) is 53.9 Å². The van der Waals surface area contributed by atoms with Crippen LogP contribution in [0, 0.1) is 5.92 Å². The van der Waals surface area contributed by atoms with Crippen molar-refractivity contribution in [2.24, 2.45) is 5.92 Å². The molecule has 3 heterocycles. The highest BCUT2D eigenvalue weighted by Gasteiger charge is 2.31. The summed E-state index contributed by atoms with van der Waals surface area (Å²) in [5.74, 6) is 0.135. The Morgan fingerprint density at radius 1 is 1.12 bits per heavy atom. The number of nitrogens with zero attached hydrogens (tertiary/aromatic N) is 5. The minimum absolute atomic E-state index is 0.129. The number of rotatable bonds is 5. The third kappa shape index (κ3) is 3.70. The van der Waals surface area contributed by atoms with Gasteiger partial charge in [0.25, 0.3) is 0 Å². The molecule has 1 fully saturated rings. The molecule has 0 aliphatic carbocycles. The number of para-hydroxylation sites is 1. The van der Waals surface area contributed by atoms with Gasteiger partial charge in [-0.2, -0.15) is 4.52 Å². The van der Waals surface area contributed by atoms with Crippen LogP contribution < -0.4 is 4.90 Å². The Hall–Kier alpha value is -3.53. The molecule has 1 atom stereocenters. The van der Waals surface area contributed by atoms with E-state index in [0.717, 1.165) is 18.2 Å². The highest BCUT2D eigenvalue weighted by Crippen LogP contribution is 2.32. The molecule has 2 aromatic carbocycles. The van der Waals surface area contributed by atoms with E-state index in [1.807, 2.05) is 29.2 Å². The summed E-state index contributed by atoms with van der Waals surface area (Å²) >= 11 is 0. The topological polar surface area (TPSA) is 107 Å². The largest absolute Gasteiger partial charge is 0.466 e. The number of aromatic nitrogens is 4. The minimum atomic E-state index is -3.92. The molecule has 170 valence electrons. The van der Waals surface area contributed by atoms with Gasteiger partial charge in [-0.1, -0.05) is 35.5 Å². The zero-order chi connectivity index (χ0) is 23.0. The Balaban J connectivity index is 1.66. The summed E-state index contributed by atoms with van der Waals surface area (Å²) in [7, 11) is -3.92. The van der Waals surface area contributed by atoms with Crippen LogP contribution in [-0.2, 0) is 19.4 Å². The summed E-state index contributed by atoms with van der Waals surface area (Å²) in [5.41, 5.74) is 0.851. The maximum absolute atomic E-state index is 13.3. The van der Waals surface area contributed by atoms with Gasteiger partial charge in [0, 0.05) is 18.5 Å². The Bertz CT molecular complexity index is 1440. The van der Waals surface area contributed by atoms with Crippen molar-refractivity contribution in [3.05, 3.63) is 54.6 Å². The van der Waals surface area contributed by atoms with Crippen LogP contribution in [0.15, 0.2) is 64.5 Å². The smallest absolute Gasteiger partial charge is 0.310 e. The molecule has 1 aliphatic heterocycles. The molecular weight excluding hydrogens is 442 g/mol. The first kappa shape index (κ1) is 21.3. The fourth-order valence-electron chi connectivity index (χ4n) is 4.28. The van der Waals surface area contributed by atoms with E-state index in [-0.39, 0.29) is 27.5 Å². The lowest BCUT2D eigenvalue weighted by Crippen LogP contribution is -2.40. The average molecular weight is 466 g/mol. The summed E-state index contributed by atoms with van der Waals surface area (Å²) in [5, 5.41) is 8.76. The van der Waals surface area contributed by atoms with E-state index < -0.39 is 9.84 Å².